The van der Waals surface area contributed by atoms with E-state index < -0.39 is 26.3 Å². The maximum atomic E-state index is 11.4. The van der Waals surface area contributed by atoms with Crippen LogP contribution in [-0.4, -0.2) is 30.0 Å². The average Bonchev–Trinajstić information content (AvgIpc) is 2.27. The van der Waals surface area contributed by atoms with Crippen LogP contribution in [-0.2, 0) is 25.0 Å². The van der Waals surface area contributed by atoms with Crippen LogP contribution in [0.3, 0.4) is 0 Å². The van der Waals surface area contributed by atoms with Crippen molar-refractivity contribution in [2.75, 3.05) is 11.8 Å². The predicted molar refractivity (Wildman–Crippen MR) is 65.9 cm³/mol. The summed E-state index contributed by atoms with van der Waals surface area (Å²) in [6.07, 6.45) is -1.16. The first-order chi connectivity index (χ1) is 8.64. The van der Waals surface area contributed by atoms with Crippen LogP contribution in [0, 0.1) is 0 Å². The highest BCUT2D eigenvalue weighted by Crippen LogP contribution is 2.13. The highest BCUT2D eigenvalue weighted by molar-refractivity contribution is 7.91. The van der Waals surface area contributed by atoms with Crippen molar-refractivity contribution >= 4 is 32.0 Å². The largest absolute Gasteiger partial charge is 0.452 e. The van der Waals surface area contributed by atoms with E-state index in [1.165, 1.54) is 12.1 Å². The molecule has 0 spiro atoms. The molecule has 0 aliphatic heterocycles. The molecule has 9 nitrogen and oxygen atoms in total. The number of ether oxygens (including phenoxy) is 1. The summed E-state index contributed by atoms with van der Waals surface area (Å²) in [6.45, 7) is 0. The predicted octanol–water partition coefficient (Wildman–Crippen LogP) is -0.653. The van der Waals surface area contributed by atoms with E-state index in [2.05, 4.69) is 4.74 Å². The molecule has 0 radical (unpaired) electrons. The highest BCUT2D eigenvalue weighted by Gasteiger charge is 2.15. The van der Waals surface area contributed by atoms with Crippen molar-refractivity contribution in [1.82, 2.24) is 4.72 Å². The average molecular weight is 309 g/mol. The molecule has 1 amide bonds. The molecule has 1 aromatic carbocycles. The smallest absolute Gasteiger partial charge is 0.422 e. The first kappa shape index (κ1) is 15.2. The van der Waals surface area contributed by atoms with Gasteiger partial charge in [-0.1, -0.05) is 0 Å². The Labute approximate surface area is 110 Å². The van der Waals surface area contributed by atoms with Gasteiger partial charge in [0.15, 0.2) is 0 Å². The molecule has 0 aromatic heterocycles. The second-order valence-electron chi connectivity index (χ2n) is 3.27. The number of hydrogen-bond donors (Lipinski definition) is 3. The Morgan fingerprint density at radius 2 is 1.68 bits per heavy atom. The van der Waals surface area contributed by atoms with Gasteiger partial charge in [-0.25, -0.2) is 23.1 Å². The van der Waals surface area contributed by atoms with Gasteiger partial charge in [0.1, 0.15) is 0 Å². The normalized spacial score (nSPS) is 11.7. The van der Waals surface area contributed by atoms with Crippen molar-refractivity contribution in [3.63, 3.8) is 0 Å². The van der Waals surface area contributed by atoms with Gasteiger partial charge in [-0.05, 0) is 24.3 Å². The van der Waals surface area contributed by atoms with Gasteiger partial charge in [-0.2, -0.15) is 8.42 Å². The summed E-state index contributed by atoms with van der Waals surface area (Å²) < 4.78 is 52.4. The van der Waals surface area contributed by atoms with Crippen molar-refractivity contribution < 1.29 is 26.4 Å². The molecule has 0 bridgehead atoms. The molecule has 11 heteroatoms. The zero-order chi connectivity index (χ0) is 14.7. The molecular formula is C8H11N3O6S2. The van der Waals surface area contributed by atoms with E-state index in [4.69, 9.17) is 5.14 Å². The molecule has 0 aliphatic carbocycles. The van der Waals surface area contributed by atoms with Crippen molar-refractivity contribution in [3.8, 4) is 0 Å². The van der Waals surface area contributed by atoms with Gasteiger partial charge >= 0.3 is 16.3 Å². The molecule has 0 saturated carbocycles. The van der Waals surface area contributed by atoms with Gasteiger partial charge in [0, 0.05) is 0 Å². The number of carbonyl (C=O) groups excluding carboxylic acids is 1. The number of hydrogen-bond acceptors (Lipinski definition) is 6. The summed E-state index contributed by atoms with van der Waals surface area (Å²) in [6, 6.07) is 4.59. The summed E-state index contributed by atoms with van der Waals surface area (Å²) >= 11 is 0. The minimum absolute atomic E-state index is 0.0452. The third-order valence-corrected chi connectivity index (χ3v) is 3.71. The maximum absolute atomic E-state index is 11.4. The quantitative estimate of drug-likeness (QED) is 0.673. The van der Waals surface area contributed by atoms with Crippen LogP contribution in [0.4, 0.5) is 10.5 Å². The lowest BCUT2D eigenvalue weighted by atomic mass is 10.3. The number of primary sulfonamides is 1. The van der Waals surface area contributed by atoms with Gasteiger partial charge in [-0.15, -0.1) is 0 Å². The Morgan fingerprint density at radius 1 is 1.16 bits per heavy atom. The molecule has 19 heavy (non-hydrogen) atoms. The van der Waals surface area contributed by atoms with E-state index in [0.717, 1.165) is 19.2 Å². The number of nitrogens with two attached hydrogens (primary N) is 1. The summed E-state index contributed by atoms with van der Waals surface area (Å²) in [5.74, 6) is 0. The fourth-order valence-electron chi connectivity index (χ4n) is 1.04. The fraction of sp³-hybridized carbons (Fsp3) is 0.125. The van der Waals surface area contributed by atoms with Crippen LogP contribution >= 0.6 is 0 Å². The van der Waals surface area contributed by atoms with Crippen molar-refractivity contribution in [1.29, 1.82) is 0 Å². The van der Waals surface area contributed by atoms with E-state index in [9.17, 15) is 21.6 Å². The van der Waals surface area contributed by atoms with E-state index in [1.807, 2.05) is 4.72 Å². The lowest BCUT2D eigenvalue weighted by Gasteiger charge is -2.08. The fourth-order valence-corrected chi connectivity index (χ4v) is 2.36. The van der Waals surface area contributed by atoms with Crippen molar-refractivity contribution in [2.45, 2.75) is 4.90 Å². The number of methoxy groups -OCH3 is 1. The lowest BCUT2D eigenvalue weighted by molar-refractivity contribution is 0.177. The second-order valence-corrected chi connectivity index (χ2v) is 6.25. The van der Waals surface area contributed by atoms with E-state index in [1.54, 1.807) is 4.72 Å². The van der Waals surface area contributed by atoms with Crippen molar-refractivity contribution in [3.05, 3.63) is 24.3 Å². The standard InChI is InChI=1S/C8H11N3O6S2/c1-17-8(12)11-19(15,16)10-6-2-4-7(5-3-6)18(9,13)14/h2-5,10H,1H3,(H,11,12)(H2,9,13,14). The van der Waals surface area contributed by atoms with Gasteiger partial charge < -0.3 is 4.74 Å². The minimum Gasteiger partial charge on any atom is -0.452 e. The van der Waals surface area contributed by atoms with Crippen LogP contribution in [0.2, 0.25) is 0 Å². The Kier molecular flexibility index (Phi) is 4.34. The number of benzene rings is 1. The van der Waals surface area contributed by atoms with E-state index in [0.29, 0.717) is 0 Å². The molecule has 0 atom stereocenters. The van der Waals surface area contributed by atoms with Crippen LogP contribution < -0.4 is 14.6 Å². The highest BCUT2D eigenvalue weighted by atomic mass is 32.2. The number of amides is 1. The van der Waals surface area contributed by atoms with Crippen LogP contribution in [0.5, 0.6) is 0 Å². The number of anilines is 1. The Morgan fingerprint density at radius 3 is 2.11 bits per heavy atom. The minimum atomic E-state index is -4.15. The summed E-state index contributed by atoms with van der Waals surface area (Å²) in [5, 5.41) is 4.88. The molecule has 0 saturated heterocycles. The first-order valence-corrected chi connectivity index (χ1v) is 7.68. The summed E-state index contributed by atoms with van der Waals surface area (Å²) in [7, 11) is -7.00. The maximum Gasteiger partial charge on any atom is 0.422 e. The number of carbonyl (C=O) groups is 1. The van der Waals surface area contributed by atoms with Gasteiger partial charge in [0.25, 0.3) is 0 Å². The van der Waals surface area contributed by atoms with Gasteiger partial charge in [-0.3, -0.25) is 4.72 Å². The van der Waals surface area contributed by atoms with Gasteiger partial charge in [0.05, 0.1) is 17.7 Å². The molecular weight excluding hydrogens is 298 g/mol. The first-order valence-electron chi connectivity index (χ1n) is 4.65. The molecule has 1 rings (SSSR count). The topological polar surface area (TPSA) is 145 Å². The van der Waals surface area contributed by atoms with Crippen LogP contribution in [0.1, 0.15) is 0 Å². The Bertz CT molecular complexity index is 665. The van der Waals surface area contributed by atoms with Crippen molar-refractivity contribution in [2.24, 2.45) is 5.14 Å². The third-order valence-electron chi connectivity index (χ3n) is 1.84. The SMILES string of the molecule is COC(=O)NS(=O)(=O)Nc1ccc(S(N)(=O)=O)cc1. The van der Waals surface area contributed by atoms with E-state index in [-0.39, 0.29) is 10.6 Å². The lowest BCUT2D eigenvalue weighted by Crippen LogP contribution is -2.35. The summed E-state index contributed by atoms with van der Waals surface area (Å²) in [4.78, 5) is 10.6. The Hall–Kier alpha value is -1.85. The molecule has 1 aromatic rings. The monoisotopic (exact) mass is 309 g/mol. The number of nitrogens with one attached hydrogen (secondary N) is 2. The van der Waals surface area contributed by atoms with E-state index >= 15 is 0 Å². The summed E-state index contributed by atoms with van der Waals surface area (Å²) in [5.41, 5.74) is 0.0452. The van der Waals surface area contributed by atoms with Crippen LogP contribution in [0.25, 0.3) is 0 Å². The number of rotatable bonds is 4. The second kappa shape index (κ2) is 5.42. The molecule has 0 aliphatic rings. The molecule has 106 valence electrons. The third kappa shape index (κ3) is 4.73. The Balaban J connectivity index is 2.87. The molecule has 4 N–H and O–H groups in total. The number of sulfonamides is 1. The molecule has 0 unspecified atom stereocenters. The zero-order valence-corrected chi connectivity index (χ0v) is 11.3. The van der Waals surface area contributed by atoms with Crippen LogP contribution in [0.15, 0.2) is 29.2 Å². The molecule has 0 fully saturated rings. The zero-order valence-electron chi connectivity index (χ0n) is 9.65. The molecule has 0 heterocycles. The van der Waals surface area contributed by atoms with Gasteiger partial charge in [0.2, 0.25) is 10.0 Å².